The number of pyridine rings is 1. The van der Waals surface area contributed by atoms with Gasteiger partial charge in [0.2, 0.25) is 0 Å². The third-order valence-electron chi connectivity index (χ3n) is 4.84. The minimum Gasteiger partial charge on any atom is -0.497 e. The Bertz CT molecular complexity index is 483. The summed E-state index contributed by atoms with van der Waals surface area (Å²) in [6, 6.07) is 4.07. The first kappa shape index (κ1) is 14.8. The van der Waals surface area contributed by atoms with Crippen LogP contribution in [0.15, 0.2) is 12.1 Å². The minimum atomic E-state index is 0.365. The van der Waals surface area contributed by atoms with Gasteiger partial charge >= 0.3 is 0 Å². The van der Waals surface area contributed by atoms with E-state index < -0.39 is 0 Å². The number of aromatic nitrogens is 1. The van der Waals surface area contributed by atoms with Crippen molar-refractivity contribution in [3.63, 3.8) is 0 Å². The molecule has 21 heavy (non-hydrogen) atoms. The van der Waals surface area contributed by atoms with E-state index in [0.717, 1.165) is 43.3 Å². The Morgan fingerprint density at radius 1 is 1.29 bits per heavy atom. The van der Waals surface area contributed by atoms with Gasteiger partial charge in [0, 0.05) is 36.5 Å². The summed E-state index contributed by atoms with van der Waals surface area (Å²) in [5.41, 5.74) is 2.53. The van der Waals surface area contributed by atoms with Gasteiger partial charge in [0.15, 0.2) is 0 Å². The molecule has 116 valence electrons. The lowest BCUT2D eigenvalue weighted by Crippen LogP contribution is -2.49. The average Bonchev–Trinajstić information content (AvgIpc) is 2.81. The maximum atomic E-state index is 5.37. The standard InChI is InChI=1S/C17H27N3O/c1-14-10-16(21-2)11-15(19-14)12-20-9-5-8-18-17(13-20)6-3-4-7-17/h10-11,18H,3-9,12-13H2,1-2H3. The number of ether oxygens (including phenoxy) is 1. The van der Waals surface area contributed by atoms with Gasteiger partial charge in [0.25, 0.3) is 0 Å². The lowest BCUT2D eigenvalue weighted by atomic mass is 9.97. The Hall–Kier alpha value is -1.13. The van der Waals surface area contributed by atoms with E-state index in [9.17, 15) is 0 Å². The maximum absolute atomic E-state index is 5.37. The zero-order chi connectivity index (χ0) is 14.7. The molecule has 1 N–H and O–H groups in total. The predicted molar refractivity (Wildman–Crippen MR) is 84.6 cm³/mol. The molecule has 4 nitrogen and oxygen atoms in total. The molecule has 0 aromatic carbocycles. The fraction of sp³-hybridized carbons (Fsp3) is 0.706. The van der Waals surface area contributed by atoms with E-state index in [1.165, 1.54) is 32.1 Å². The van der Waals surface area contributed by atoms with Gasteiger partial charge in [-0.05, 0) is 39.3 Å². The minimum absolute atomic E-state index is 0.365. The first-order valence-corrected chi connectivity index (χ1v) is 8.18. The molecule has 0 atom stereocenters. The number of methoxy groups -OCH3 is 1. The molecule has 4 heteroatoms. The Labute approximate surface area is 127 Å². The number of hydrogen-bond acceptors (Lipinski definition) is 4. The van der Waals surface area contributed by atoms with Gasteiger partial charge in [0.05, 0.1) is 12.8 Å². The molecule has 1 aliphatic heterocycles. The van der Waals surface area contributed by atoms with Crippen LogP contribution < -0.4 is 10.1 Å². The zero-order valence-corrected chi connectivity index (χ0v) is 13.3. The first-order valence-electron chi connectivity index (χ1n) is 8.18. The predicted octanol–water partition coefficient (Wildman–Crippen LogP) is 2.51. The van der Waals surface area contributed by atoms with Crippen molar-refractivity contribution in [3.8, 4) is 5.75 Å². The molecule has 1 saturated carbocycles. The third-order valence-corrected chi connectivity index (χ3v) is 4.84. The van der Waals surface area contributed by atoms with Crippen molar-refractivity contribution in [1.29, 1.82) is 0 Å². The topological polar surface area (TPSA) is 37.4 Å². The van der Waals surface area contributed by atoms with E-state index in [-0.39, 0.29) is 0 Å². The van der Waals surface area contributed by atoms with E-state index >= 15 is 0 Å². The quantitative estimate of drug-likeness (QED) is 0.928. The number of hydrogen-bond donors (Lipinski definition) is 1. The summed E-state index contributed by atoms with van der Waals surface area (Å²) in [7, 11) is 1.72. The smallest absolute Gasteiger partial charge is 0.122 e. The lowest BCUT2D eigenvalue weighted by molar-refractivity contribution is 0.201. The molecular formula is C17H27N3O. The monoisotopic (exact) mass is 289 g/mol. The second-order valence-corrected chi connectivity index (χ2v) is 6.62. The zero-order valence-electron chi connectivity index (χ0n) is 13.3. The molecule has 2 heterocycles. The lowest BCUT2D eigenvalue weighted by Gasteiger charge is -2.33. The van der Waals surface area contributed by atoms with Crippen LogP contribution in [0.1, 0.15) is 43.5 Å². The second kappa shape index (κ2) is 6.32. The average molecular weight is 289 g/mol. The summed E-state index contributed by atoms with van der Waals surface area (Å²) in [4.78, 5) is 7.26. The second-order valence-electron chi connectivity index (χ2n) is 6.62. The van der Waals surface area contributed by atoms with Gasteiger partial charge in [-0.15, -0.1) is 0 Å². The normalized spacial score (nSPS) is 22.4. The summed E-state index contributed by atoms with van der Waals surface area (Å²) < 4.78 is 5.37. The molecule has 1 spiro atoms. The van der Waals surface area contributed by atoms with Crippen LogP contribution in [-0.2, 0) is 6.54 Å². The van der Waals surface area contributed by atoms with Crippen LogP contribution in [0.3, 0.4) is 0 Å². The van der Waals surface area contributed by atoms with Gasteiger partial charge in [0.1, 0.15) is 5.75 Å². The summed E-state index contributed by atoms with van der Waals surface area (Å²) in [5.74, 6) is 0.918. The highest BCUT2D eigenvalue weighted by Crippen LogP contribution is 2.32. The molecule has 0 bridgehead atoms. The van der Waals surface area contributed by atoms with Crippen LogP contribution in [0.5, 0.6) is 5.75 Å². The van der Waals surface area contributed by atoms with E-state index in [1.54, 1.807) is 7.11 Å². The van der Waals surface area contributed by atoms with Gasteiger partial charge in [-0.2, -0.15) is 0 Å². The Balaban J connectivity index is 1.72. The molecule has 1 aromatic rings. The molecule has 2 aliphatic rings. The Morgan fingerprint density at radius 3 is 2.86 bits per heavy atom. The molecule has 2 fully saturated rings. The summed E-state index contributed by atoms with van der Waals surface area (Å²) >= 11 is 0. The highest BCUT2D eigenvalue weighted by molar-refractivity contribution is 5.26. The van der Waals surface area contributed by atoms with Gasteiger partial charge in [-0.1, -0.05) is 12.8 Å². The largest absolute Gasteiger partial charge is 0.497 e. The van der Waals surface area contributed by atoms with E-state index in [0.29, 0.717) is 5.54 Å². The summed E-state index contributed by atoms with van der Waals surface area (Å²) in [5, 5.41) is 3.82. The van der Waals surface area contributed by atoms with Crippen molar-refractivity contribution in [2.75, 3.05) is 26.7 Å². The number of nitrogens with zero attached hydrogens (tertiary/aromatic N) is 2. The number of nitrogens with one attached hydrogen (secondary N) is 1. The molecule has 1 aromatic heterocycles. The van der Waals surface area contributed by atoms with Crippen molar-refractivity contribution in [3.05, 3.63) is 23.5 Å². The third kappa shape index (κ3) is 3.55. The van der Waals surface area contributed by atoms with Crippen molar-refractivity contribution >= 4 is 0 Å². The summed E-state index contributed by atoms with van der Waals surface area (Å²) in [6.45, 7) is 6.44. The van der Waals surface area contributed by atoms with Crippen LogP contribution in [0, 0.1) is 6.92 Å². The Kier molecular flexibility index (Phi) is 4.45. The summed E-state index contributed by atoms with van der Waals surface area (Å²) in [6.07, 6.45) is 6.63. The maximum Gasteiger partial charge on any atom is 0.122 e. The highest BCUT2D eigenvalue weighted by atomic mass is 16.5. The van der Waals surface area contributed by atoms with Crippen LogP contribution >= 0.6 is 0 Å². The van der Waals surface area contributed by atoms with Crippen molar-refractivity contribution in [2.24, 2.45) is 0 Å². The fourth-order valence-corrected chi connectivity index (χ4v) is 3.87. The Morgan fingerprint density at radius 2 is 2.10 bits per heavy atom. The van der Waals surface area contributed by atoms with Crippen LogP contribution in [0.2, 0.25) is 0 Å². The van der Waals surface area contributed by atoms with Crippen LogP contribution in [0.4, 0.5) is 0 Å². The fourth-order valence-electron chi connectivity index (χ4n) is 3.87. The molecule has 0 unspecified atom stereocenters. The molecule has 1 aliphatic carbocycles. The number of aryl methyl sites for hydroxylation is 1. The van der Waals surface area contributed by atoms with E-state index in [1.807, 2.05) is 13.0 Å². The van der Waals surface area contributed by atoms with Crippen LogP contribution in [-0.4, -0.2) is 42.2 Å². The van der Waals surface area contributed by atoms with Gasteiger partial charge in [-0.25, -0.2) is 0 Å². The molecule has 0 amide bonds. The molecule has 1 saturated heterocycles. The highest BCUT2D eigenvalue weighted by Gasteiger charge is 2.36. The molecule has 0 radical (unpaired) electrons. The van der Waals surface area contributed by atoms with E-state index in [4.69, 9.17) is 4.74 Å². The van der Waals surface area contributed by atoms with Crippen molar-refractivity contribution < 1.29 is 4.74 Å². The van der Waals surface area contributed by atoms with Gasteiger partial charge < -0.3 is 10.1 Å². The van der Waals surface area contributed by atoms with Crippen molar-refractivity contribution in [1.82, 2.24) is 15.2 Å². The first-order chi connectivity index (χ1) is 10.2. The van der Waals surface area contributed by atoms with Gasteiger partial charge in [-0.3, -0.25) is 9.88 Å². The molecule has 3 rings (SSSR count). The number of rotatable bonds is 3. The molecular weight excluding hydrogens is 262 g/mol. The van der Waals surface area contributed by atoms with E-state index in [2.05, 4.69) is 21.3 Å². The van der Waals surface area contributed by atoms with Crippen molar-refractivity contribution in [2.45, 2.75) is 51.1 Å². The SMILES string of the molecule is COc1cc(C)nc(CN2CCCNC3(CCCC3)C2)c1. The van der Waals surface area contributed by atoms with Crippen LogP contribution in [0.25, 0.3) is 0 Å².